The number of carbonyl (C=O) groups excluding carboxylic acids is 1. The van der Waals surface area contributed by atoms with Gasteiger partial charge in [0.15, 0.2) is 5.78 Å². The third-order valence-corrected chi connectivity index (χ3v) is 2.38. The largest absolute Gasteiger partial charge is 0.398 e. The Balaban J connectivity index is 3.53. The molecule has 1 aromatic carbocycles. The van der Waals surface area contributed by atoms with Crippen molar-refractivity contribution in [3.05, 3.63) is 28.3 Å². The molecule has 0 aliphatic rings. The Bertz CT molecular complexity index is 367. The van der Waals surface area contributed by atoms with Crippen LogP contribution in [0.25, 0.3) is 0 Å². The molecule has 1 aromatic rings. The summed E-state index contributed by atoms with van der Waals surface area (Å²) in [5.74, 6) is 0.0849. The van der Waals surface area contributed by atoms with Crippen LogP contribution in [0.3, 0.4) is 0 Å². The molecule has 0 unspecified atom stereocenters. The van der Waals surface area contributed by atoms with Gasteiger partial charge in [0.1, 0.15) is 0 Å². The second-order valence-corrected chi connectivity index (χ2v) is 3.48. The van der Waals surface area contributed by atoms with Crippen molar-refractivity contribution in [1.82, 2.24) is 0 Å². The molecule has 0 spiro atoms. The summed E-state index contributed by atoms with van der Waals surface area (Å²) in [5.41, 5.74) is 10.3. The summed E-state index contributed by atoms with van der Waals surface area (Å²) >= 11 is 0. The number of anilines is 1. The van der Waals surface area contributed by atoms with Gasteiger partial charge in [-0.05, 0) is 44.4 Å². The summed E-state index contributed by atoms with van der Waals surface area (Å²) in [7, 11) is 0. The zero-order chi connectivity index (χ0) is 10.2. The van der Waals surface area contributed by atoms with Crippen molar-refractivity contribution in [2.75, 3.05) is 5.73 Å². The minimum atomic E-state index is 0.0849. The normalized spacial score (nSPS) is 10.2. The van der Waals surface area contributed by atoms with Gasteiger partial charge in [0, 0.05) is 11.3 Å². The zero-order valence-electron chi connectivity index (χ0n) is 8.56. The second-order valence-electron chi connectivity index (χ2n) is 3.48. The van der Waals surface area contributed by atoms with Crippen molar-refractivity contribution >= 4 is 11.5 Å². The third-order valence-electron chi connectivity index (χ3n) is 2.38. The molecule has 2 heteroatoms. The van der Waals surface area contributed by atoms with Crippen molar-refractivity contribution in [2.45, 2.75) is 27.7 Å². The molecule has 0 bridgehead atoms. The first-order valence-electron chi connectivity index (χ1n) is 4.32. The molecule has 0 radical (unpaired) electrons. The fourth-order valence-corrected chi connectivity index (χ4v) is 1.74. The lowest BCUT2D eigenvalue weighted by Gasteiger charge is -2.11. The number of carbonyl (C=O) groups is 1. The van der Waals surface area contributed by atoms with Crippen molar-refractivity contribution in [3.8, 4) is 0 Å². The SMILES string of the molecule is CC(=O)c1c(C)cc(C)c(N)c1C. The summed E-state index contributed by atoms with van der Waals surface area (Å²) in [5, 5.41) is 0. The van der Waals surface area contributed by atoms with Crippen LogP contribution in [0.1, 0.15) is 34.0 Å². The molecule has 0 heterocycles. The molecule has 0 aliphatic heterocycles. The third kappa shape index (κ3) is 1.57. The van der Waals surface area contributed by atoms with E-state index in [1.807, 2.05) is 26.8 Å². The van der Waals surface area contributed by atoms with Gasteiger partial charge in [-0.3, -0.25) is 4.79 Å². The molecule has 0 aliphatic carbocycles. The van der Waals surface area contributed by atoms with Crippen molar-refractivity contribution in [1.29, 1.82) is 0 Å². The Morgan fingerprint density at radius 2 is 1.77 bits per heavy atom. The maximum Gasteiger partial charge on any atom is 0.160 e. The second kappa shape index (κ2) is 3.21. The molecule has 13 heavy (non-hydrogen) atoms. The topological polar surface area (TPSA) is 43.1 Å². The van der Waals surface area contributed by atoms with Crippen LogP contribution >= 0.6 is 0 Å². The van der Waals surface area contributed by atoms with E-state index in [9.17, 15) is 4.79 Å². The van der Waals surface area contributed by atoms with Crippen LogP contribution in [0.15, 0.2) is 6.07 Å². The molecule has 2 N–H and O–H groups in total. The van der Waals surface area contributed by atoms with Crippen LogP contribution in [0.2, 0.25) is 0 Å². The molecule has 0 saturated heterocycles. The molecular weight excluding hydrogens is 162 g/mol. The zero-order valence-corrected chi connectivity index (χ0v) is 8.56. The Labute approximate surface area is 78.8 Å². The van der Waals surface area contributed by atoms with E-state index in [4.69, 9.17) is 5.73 Å². The van der Waals surface area contributed by atoms with Gasteiger partial charge in [-0.1, -0.05) is 6.07 Å². The molecule has 0 atom stereocenters. The van der Waals surface area contributed by atoms with Crippen LogP contribution in [0, 0.1) is 20.8 Å². The first-order chi connectivity index (χ1) is 5.95. The maximum atomic E-state index is 11.3. The highest BCUT2D eigenvalue weighted by Crippen LogP contribution is 2.24. The molecule has 0 saturated carbocycles. The molecule has 70 valence electrons. The average Bonchev–Trinajstić information content (AvgIpc) is 1.99. The molecule has 1 rings (SSSR count). The summed E-state index contributed by atoms with van der Waals surface area (Å²) in [6, 6.07) is 1.96. The van der Waals surface area contributed by atoms with Crippen LogP contribution in [0.5, 0.6) is 0 Å². The minimum Gasteiger partial charge on any atom is -0.398 e. The van der Waals surface area contributed by atoms with Gasteiger partial charge in [-0.25, -0.2) is 0 Å². The van der Waals surface area contributed by atoms with E-state index in [1.54, 1.807) is 6.92 Å². The Hall–Kier alpha value is -1.31. The van der Waals surface area contributed by atoms with E-state index in [0.717, 1.165) is 27.9 Å². The van der Waals surface area contributed by atoms with Gasteiger partial charge >= 0.3 is 0 Å². The van der Waals surface area contributed by atoms with Gasteiger partial charge in [-0.15, -0.1) is 0 Å². The van der Waals surface area contributed by atoms with Crippen molar-refractivity contribution in [3.63, 3.8) is 0 Å². The fraction of sp³-hybridized carbons (Fsp3) is 0.364. The predicted octanol–water partition coefficient (Wildman–Crippen LogP) is 2.40. The van der Waals surface area contributed by atoms with Crippen LogP contribution in [0.4, 0.5) is 5.69 Å². The summed E-state index contributed by atoms with van der Waals surface area (Å²) in [6.45, 7) is 7.37. The molecule has 2 nitrogen and oxygen atoms in total. The van der Waals surface area contributed by atoms with Crippen molar-refractivity contribution < 1.29 is 4.79 Å². The van der Waals surface area contributed by atoms with Crippen LogP contribution in [-0.2, 0) is 0 Å². The van der Waals surface area contributed by atoms with Gasteiger partial charge in [-0.2, -0.15) is 0 Å². The number of Topliss-reactive ketones (excluding diaryl/α,β-unsaturated/α-hetero) is 1. The number of aryl methyl sites for hydroxylation is 2. The average molecular weight is 177 g/mol. The Kier molecular flexibility index (Phi) is 2.41. The highest BCUT2D eigenvalue weighted by atomic mass is 16.1. The lowest BCUT2D eigenvalue weighted by Crippen LogP contribution is -2.05. The van der Waals surface area contributed by atoms with Gasteiger partial charge < -0.3 is 5.73 Å². The summed E-state index contributed by atoms with van der Waals surface area (Å²) in [6.07, 6.45) is 0. The highest BCUT2D eigenvalue weighted by molar-refractivity contribution is 5.98. The number of hydrogen-bond donors (Lipinski definition) is 1. The van der Waals surface area contributed by atoms with E-state index in [0.29, 0.717) is 0 Å². The van der Waals surface area contributed by atoms with E-state index < -0.39 is 0 Å². The molecule has 0 amide bonds. The highest BCUT2D eigenvalue weighted by Gasteiger charge is 2.11. The van der Waals surface area contributed by atoms with E-state index in [2.05, 4.69) is 0 Å². The standard InChI is InChI=1S/C11H15NO/c1-6-5-7(2)11(12)8(3)10(6)9(4)13/h5H,12H2,1-4H3. The first-order valence-corrected chi connectivity index (χ1v) is 4.32. The van der Waals surface area contributed by atoms with Gasteiger partial charge in [0.2, 0.25) is 0 Å². The van der Waals surface area contributed by atoms with Crippen LogP contribution < -0.4 is 5.73 Å². The monoisotopic (exact) mass is 177 g/mol. The lowest BCUT2D eigenvalue weighted by molar-refractivity contribution is 0.101. The number of rotatable bonds is 1. The lowest BCUT2D eigenvalue weighted by atomic mass is 9.95. The van der Waals surface area contributed by atoms with Crippen molar-refractivity contribution in [2.24, 2.45) is 0 Å². The quantitative estimate of drug-likeness (QED) is 0.528. The number of ketones is 1. The van der Waals surface area contributed by atoms with E-state index >= 15 is 0 Å². The molecular formula is C11H15NO. The van der Waals surface area contributed by atoms with E-state index in [-0.39, 0.29) is 5.78 Å². The van der Waals surface area contributed by atoms with Gasteiger partial charge in [0.25, 0.3) is 0 Å². The molecule has 0 aromatic heterocycles. The number of benzene rings is 1. The van der Waals surface area contributed by atoms with Crippen LogP contribution in [-0.4, -0.2) is 5.78 Å². The number of nitrogens with two attached hydrogens (primary N) is 1. The summed E-state index contributed by atoms with van der Waals surface area (Å²) < 4.78 is 0. The van der Waals surface area contributed by atoms with E-state index in [1.165, 1.54) is 0 Å². The first kappa shape index (κ1) is 9.78. The Morgan fingerprint density at radius 1 is 1.23 bits per heavy atom. The minimum absolute atomic E-state index is 0.0849. The smallest absolute Gasteiger partial charge is 0.160 e. The number of nitrogen functional groups attached to an aromatic ring is 1. The number of hydrogen-bond acceptors (Lipinski definition) is 2. The predicted molar refractivity (Wildman–Crippen MR) is 55.1 cm³/mol. The maximum absolute atomic E-state index is 11.3. The Morgan fingerprint density at radius 3 is 2.23 bits per heavy atom. The summed E-state index contributed by atoms with van der Waals surface area (Å²) in [4.78, 5) is 11.3. The fourth-order valence-electron chi connectivity index (χ4n) is 1.74. The molecule has 0 fully saturated rings. The van der Waals surface area contributed by atoms with Gasteiger partial charge in [0.05, 0.1) is 0 Å².